The highest BCUT2D eigenvalue weighted by Gasteiger charge is 2.19. The Kier molecular flexibility index (Phi) is 5.78. The Hall–Kier alpha value is -0.610. The van der Waals surface area contributed by atoms with Crippen LogP contribution in [0, 0.1) is 0 Å². The molecule has 0 aromatic rings. The molecule has 0 saturated carbocycles. The van der Waals surface area contributed by atoms with Crippen molar-refractivity contribution in [3.05, 3.63) is 0 Å². The second-order valence-electron chi connectivity index (χ2n) is 2.28. The lowest BCUT2D eigenvalue weighted by Crippen LogP contribution is -1.90. The zero-order chi connectivity index (χ0) is 8.69. The van der Waals surface area contributed by atoms with Gasteiger partial charge in [-0.2, -0.15) is 0 Å². The molecule has 1 aliphatic heterocycles. The summed E-state index contributed by atoms with van der Waals surface area (Å²) in [6.07, 6.45) is 1.21. The molecular weight excluding hydrogens is 148 g/mol. The number of rotatable bonds is 3. The summed E-state index contributed by atoms with van der Waals surface area (Å²) >= 11 is 0. The Labute approximate surface area is 65.8 Å². The molecule has 0 spiro atoms. The number of aliphatic hydroxyl groups excluding tert-OH is 1. The number of aliphatic carboxylic acids is 1. The molecule has 0 radical (unpaired) electrons. The van der Waals surface area contributed by atoms with Crippen LogP contribution in [-0.2, 0) is 9.53 Å². The highest BCUT2D eigenvalue weighted by Crippen LogP contribution is 2.04. The van der Waals surface area contributed by atoms with Crippen molar-refractivity contribution in [3.8, 4) is 0 Å². The maximum Gasteiger partial charge on any atom is 0.303 e. The average molecular weight is 162 g/mol. The topological polar surface area (TPSA) is 70.1 Å². The molecule has 1 fully saturated rings. The van der Waals surface area contributed by atoms with Gasteiger partial charge in [-0.3, -0.25) is 4.79 Å². The highest BCUT2D eigenvalue weighted by atomic mass is 16.6. The molecule has 0 aromatic heterocycles. The number of ether oxygens (including phenoxy) is 1. The number of carboxylic acid groups (broad SMARTS) is 1. The molecule has 0 bridgehead atoms. The van der Waals surface area contributed by atoms with Crippen LogP contribution in [0.3, 0.4) is 0 Å². The van der Waals surface area contributed by atoms with Gasteiger partial charge in [-0.1, -0.05) is 6.92 Å². The maximum absolute atomic E-state index is 9.60. The monoisotopic (exact) mass is 162 g/mol. The third-order valence-electron chi connectivity index (χ3n) is 1.07. The van der Waals surface area contributed by atoms with Crippen LogP contribution in [0.5, 0.6) is 0 Å². The molecule has 4 heteroatoms. The van der Waals surface area contributed by atoms with Gasteiger partial charge in [0.05, 0.1) is 13.2 Å². The lowest BCUT2D eigenvalue weighted by Gasteiger charge is -1.79. The number of carboxylic acids is 1. The zero-order valence-electron chi connectivity index (χ0n) is 6.62. The molecule has 1 rings (SSSR count). The minimum atomic E-state index is -0.711. The Bertz CT molecular complexity index is 109. The molecule has 0 aromatic carbocycles. The van der Waals surface area contributed by atoms with Crippen molar-refractivity contribution >= 4 is 5.97 Å². The second-order valence-corrected chi connectivity index (χ2v) is 2.28. The van der Waals surface area contributed by atoms with Gasteiger partial charge in [0.25, 0.3) is 0 Å². The van der Waals surface area contributed by atoms with Crippen LogP contribution in [0.4, 0.5) is 0 Å². The van der Waals surface area contributed by atoms with Crippen LogP contribution >= 0.6 is 0 Å². The van der Waals surface area contributed by atoms with Gasteiger partial charge in [0.2, 0.25) is 0 Å². The summed E-state index contributed by atoms with van der Waals surface area (Å²) in [6.45, 7) is 2.80. The van der Waals surface area contributed by atoms with E-state index in [4.69, 9.17) is 10.2 Å². The van der Waals surface area contributed by atoms with E-state index in [1.807, 2.05) is 6.92 Å². The second kappa shape index (κ2) is 6.12. The number of hydrogen-bond acceptors (Lipinski definition) is 3. The van der Waals surface area contributed by atoms with Crippen molar-refractivity contribution in [2.75, 3.05) is 13.2 Å². The lowest BCUT2D eigenvalue weighted by molar-refractivity contribution is -0.137. The third-order valence-corrected chi connectivity index (χ3v) is 1.07. The van der Waals surface area contributed by atoms with E-state index >= 15 is 0 Å². The van der Waals surface area contributed by atoms with Crippen molar-refractivity contribution in [2.24, 2.45) is 0 Å². The predicted molar refractivity (Wildman–Crippen MR) is 39.4 cm³/mol. The SMILES string of the molecule is CCCC(=O)O.OC[C@@H]1CO1. The number of hydrogen-bond donors (Lipinski definition) is 2. The number of carbonyl (C=O) groups is 1. The summed E-state index contributed by atoms with van der Waals surface area (Å²) in [5.41, 5.74) is 0. The van der Waals surface area contributed by atoms with Gasteiger partial charge >= 0.3 is 5.97 Å². The van der Waals surface area contributed by atoms with E-state index in [0.717, 1.165) is 13.0 Å². The van der Waals surface area contributed by atoms with E-state index in [9.17, 15) is 4.79 Å². The standard InChI is InChI=1S/C4H8O2.C3H6O2/c1-2-3-4(5)6;4-1-3-2-5-3/h2-3H2,1H3,(H,5,6);3-4H,1-2H2/t;3-/m.1/s1. The van der Waals surface area contributed by atoms with Gasteiger partial charge in [0, 0.05) is 6.42 Å². The predicted octanol–water partition coefficient (Wildman–Crippen LogP) is 0.249. The molecule has 0 unspecified atom stereocenters. The number of epoxide rings is 1. The average Bonchev–Trinajstić information content (AvgIpc) is 2.69. The molecule has 0 aliphatic carbocycles. The molecule has 2 N–H and O–H groups in total. The fraction of sp³-hybridized carbons (Fsp3) is 0.857. The Balaban J connectivity index is 0.000000183. The Morgan fingerprint density at radius 2 is 2.27 bits per heavy atom. The first-order chi connectivity index (χ1) is 5.20. The van der Waals surface area contributed by atoms with Crippen molar-refractivity contribution in [2.45, 2.75) is 25.9 Å². The molecule has 11 heavy (non-hydrogen) atoms. The van der Waals surface area contributed by atoms with Gasteiger partial charge in [-0.25, -0.2) is 0 Å². The molecule has 1 heterocycles. The molecule has 1 atom stereocenters. The fourth-order valence-corrected chi connectivity index (χ4v) is 0.387. The minimum Gasteiger partial charge on any atom is -0.481 e. The van der Waals surface area contributed by atoms with Crippen LogP contribution in [0.1, 0.15) is 19.8 Å². The highest BCUT2D eigenvalue weighted by molar-refractivity contribution is 5.66. The van der Waals surface area contributed by atoms with E-state index < -0.39 is 5.97 Å². The summed E-state index contributed by atoms with van der Waals surface area (Å²) in [4.78, 5) is 9.60. The van der Waals surface area contributed by atoms with E-state index in [1.165, 1.54) is 0 Å². The summed E-state index contributed by atoms with van der Waals surface area (Å²) < 4.78 is 4.61. The van der Waals surface area contributed by atoms with Crippen LogP contribution < -0.4 is 0 Å². The van der Waals surface area contributed by atoms with Crippen molar-refractivity contribution < 1.29 is 19.7 Å². The molecule has 0 amide bonds. The van der Waals surface area contributed by atoms with Gasteiger partial charge in [0.15, 0.2) is 0 Å². The summed E-state index contributed by atoms with van der Waals surface area (Å²) in [5, 5.41) is 16.0. The fourth-order valence-electron chi connectivity index (χ4n) is 0.387. The quantitative estimate of drug-likeness (QED) is 0.583. The summed E-state index contributed by atoms with van der Waals surface area (Å²) in [6, 6.07) is 0. The Morgan fingerprint density at radius 1 is 1.73 bits per heavy atom. The molecular formula is C7H14O4. The minimum absolute atomic E-state index is 0.190. The van der Waals surface area contributed by atoms with Gasteiger partial charge in [-0.15, -0.1) is 0 Å². The van der Waals surface area contributed by atoms with Crippen molar-refractivity contribution in [3.63, 3.8) is 0 Å². The van der Waals surface area contributed by atoms with E-state index in [2.05, 4.69) is 4.74 Å². The molecule has 1 aliphatic rings. The third kappa shape index (κ3) is 9.39. The molecule has 66 valence electrons. The molecule has 4 nitrogen and oxygen atoms in total. The van der Waals surface area contributed by atoms with E-state index in [1.54, 1.807) is 0 Å². The van der Waals surface area contributed by atoms with Crippen LogP contribution in [-0.4, -0.2) is 35.5 Å². The van der Waals surface area contributed by atoms with Gasteiger partial charge in [0.1, 0.15) is 6.10 Å². The smallest absolute Gasteiger partial charge is 0.303 e. The van der Waals surface area contributed by atoms with Gasteiger partial charge < -0.3 is 14.9 Å². The van der Waals surface area contributed by atoms with Crippen molar-refractivity contribution in [1.29, 1.82) is 0 Å². The first kappa shape index (κ1) is 10.4. The van der Waals surface area contributed by atoms with Crippen LogP contribution in [0.25, 0.3) is 0 Å². The maximum atomic E-state index is 9.60. The van der Waals surface area contributed by atoms with Crippen LogP contribution in [0.15, 0.2) is 0 Å². The largest absolute Gasteiger partial charge is 0.481 e. The first-order valence-corrected chi connectivity index (χ1v) is 3.65. The summed E-state index contributed by atoms with van der Waals surface area (Å²) in [5.74, 6) is -0.711. The zero-order valence-corrected chi connectivity index (χ0v) is 6.62. The van der Waals surface area contributed by atoms with Crippen LogP contribution in [0.2, 0.25) is 0 Å². The van der Waals surface area contributed by atoms with Crippen molar-refractivity contribution in [1.82, 2.24) is 0 Å². The van der Waals surface area contributed by atoms with E-state index in [-0.39, 0.29) is 12.7 Å². The number of aliphatic hydroxyl groups is 1. The first-order valence-electron chi connectivity index (χ1n) is 3.65. The normalized spacial score (nSPS) is 20.0. The molecule has 1 saturated heterocycles. The Morgan fingerprint density at radius 3 is 2.27 bits per heavy atom. The van der Waals surface area contributed by atoms with Gasteiger partial charge in [-0.05, 0) is 6.42 Å². The lowest BCUT2D eigenvalue weighted by atomic mass is 10.4. The summed E-state index contributed by atoms with van der Waals surface area (Å²) in [7, 11) is 0. The van der Waals surface area contributed by atoms with E-state index in [0.29, 0.717) is 6.42 Å².